The predicted molar refractivity (Wildman–Crippen MR) is 73.5 cm³/mol. The number of halogens is 2. The standard InChI is InChI=1S/C10H9ClFN3O2S2/c1-5-4-14-10(18-5)15-19(16,17)8-3-6(13)2-7(11)9(8)12/h2-4H,13H2,1H3,(H,14,15). The Kier molecular flexibility index (Phi) is 3.66. The van der Waals surface area contributed by atoms with Gasteiger partial charge in [0.25, 0.3) is 10.0 Å². The fourth-order valence-corrected chi connectivity index (χ4v) is 3.68. The van der Waals surface area contributed by atoms with E-state index in [1.54, 1.807) is 6.92 Å². The van der Waals surface area contributed by atoms with Crippen molar-refractivity contribution in [3.05, 3.63) is 34.0 Å². The fourth-order valence-electron chi connectivity index (χ4n) is 1.35. The van der Waals surface area contributed by atoms with E-state index in [1.807, 2.05) is 0 Å². The third-order valence-corrected chi connectivity index (χ3v) is 4.72. The second-order valence-electron chi connectivity index (χ2n) is 3.70. The number of thiazole rings is 1. The van der Waals surface area contributed by atoms with Gasteiger partial charge in [0.05, 0.1) is 5.02 Å². The van der Waals surface area contributed by atoms with Crippen molar-refractivity contribution in [2.24, 2.45) is 0 Å². The first-order chi connectivity index (χ1) is 8.79. The number of aromatic nitrogens is 1. The third-order valence-electron chi connectivity index (χ3n) is 2.15. The molecule has 0 unspecified atom stereocenters. The summed E-state index contributed by atoms with van der Waals surface area (Å²) in [5.41, 5.74) is 5.52. The van der Waals surface area contributed by atoms with Crippen LogP contribution in [-0.2, 0) is 10.0 Å². The Morgan fingerprint density at radius 2 is 2.16 bits per heavy atom. The maximum absolute atomic E-state index is 13.8. The monoisotopic (exact) mass is 321 g/mol. The van der Waals surface area contributed by atoms with E-state index in [1.165, 1.54) is 6.20 Å². The Bertz CT molecular complexity index is 730. The minimum atomic E-state index is -4.12. The summed E-state index contributed by atoms with van der Waals surface area (Å²) in [5.74, 6) is -1.04. The molecule has 0 amide bonds. The molecule has 3 N–H and O–H groups in total. The molecule has 0 saturated heterocycles. The number of aryl methyl sites for hydroxylation is 1. The van der Waals surface area contributed by atoms with Crippen molar-refractivity contribution in [3.8, 4) is 0 Å². The van der Waals surface area contributed by atoms with E-state index in [0.29, 0.717) is 0 Å². The smallest absolute Gasteiger partial charge is 0.266 e. The number of nitrogen functional groups attached to an aromatic ring is 1. The van der Waals surface area contributed by atoms with E-state index in [2.05, 4.69) is 9.71 Å². The van der Waals surface area contributed by atoms with E-state index in [4.69, 9.17) is 17.3 Å². The average Bonchev–Trinajstić information content (AvgIpc) is 2.68. The molecular weight excluding hydrogens is 313 g/mol. The van der Waals surface area contributed by atoms with Crippen molar-refractivity contribution in [1.29, 1.82) is 0 Å². The van der Waals surface area contributed by atoms with Crippen LogP contribution in [0.15, 0.2) is 23.2 Å². The zero-order valence-electron chi connectivity index (χ0n) is 9.65. The normalized spacial score (nSPS) is 11.5. The van der Waals surface area contributed by atoms with Gasteiger partial charge in [0.2, 0.25) is 0 Å². The lowest BCUT2D eigenvalue weighted by Crippen LogP contribution is -2.15. The highest BCUT2D eigenvalue weighted by atomic mass is 35.5. The van der Waals surface area contributed by atoms with Crippen molar-refractivity contribution in [1.82, 2.24) is 4.98 Å². The van der Waals surface area contributed by atoms with Crippen molar-refractivity contribution in [3.63, 3.8) is 0 Å². The summed E-state index contributed by atoms with van der Waals surface area (Å²) in [6, 6.07) is 2.15. The molecule has 1 heterocycles. The molecule has 0 aliphatic rings. The number of rotatable bonds is 3. The first-order valence-electron chi connectivity index (χ1n) is 4.99. The van der Waals surface area contributed by atoms with Crippen LogP contribution in [0, 0.1) is 12.7 Å². The molecule has 1 aromatic heterocycles. The first-order valence-corrected chi connectivity index (χ1v) is 7.67. The molecule has 0 radical (unpaired) electrons. The minimum absolute atomic E-state index is 0.0575. The SMILES string of the molecule is Cc1cnc(NS(=O)(=O)c2cc(N)cc(Cl)c2F)s1. The Labute approximate surface area is 118 Å². The lowest BCUT2D eigenvalue weighted by molar-refractivity contribution is 0.571. The van der Waals surface area contributed by atoms with Crippen LogP contribution >= 0.6 is 22.9 Å². The lowest BCUT2D eigenvalue weighted by atomic mass is 10.3. The predicted octanol–water partition coefficient (Wildman–Crippen LogP) is 2.63. The van der Waals surface area contributed by atoms with E-state index in [0.717, 1.165) is 28.3 Å². The van der Waals surface area contributed by atoms with Crippen LogP contribution in [0.25, 0.3) is 0 Å². The summed E-state index contributed by atoms with van der Waals surface area (Å²) in [7, 11) is -4.12. The molecule has 0 spiro atoms. The van der Waals surface area contributed by atoms with Crippen LogP contribution in [0.4, 0.5) is 15.2 Å². The van der Waals surface area contributed by atoms with Crippen molar-refractivity contribution >= 4 is 43.8 Å². The van der Waals surface area contributed by atoms with Crippen LogP contribution in [0.2, 0.25) is 5.02 Å². The van der Waals surface area contributed by atoms with Crippen LogP contribution in [0.5, 0.6) is 0 Å². The molecule has 0 aliphatic carbocycles. The summed E-state index contributed by atoms with van der Waals surface area (Å²) in [6.07, 6.45) is 1.51. The Hall–Kier alpha value is -1.38. The molecule has 0 bridgehead atoms. The van der Waals surface area contributed by atoms with Gasteiger partial charge in [0.1, 0.15) is 4.90 Å². The minimum Gasteiger partial charge on any atom is -0.399 e. The Morgan fingerprint density at radius 3 is 2.74 bits per heavy atom. The second-order valence-corrected chi connectivity index (χ2v) is 6.99. The number of sulfonamides is 1. The molecule has 2 rings (SSSR count). The fraction of sp³-hybridized carbons (Fsp3) is 0.100. The number of hydrogen-bond acceptors (Lipinski definition) is 5. The zero-order valence-corrected chi connectivity index (χ0v) is 12.0. The van der Waals surface area contributed by atoms with E-state index in [-0.39, 0.29) is 15.8 Å². The van der Waals surface area contributed by atoms with Crippen LogP contribution in [0.1, 0.15) is 4.88 Å². The third kappa shape index (κ3) is 2.96. The molecule has 0 saturated carbocycles. The number of nitrogens with zero attached hydrogens (tertiary/aromatic N) is 1. The average molecular weight is 322 g/mol. The molecule has 5 nitrogen and oxygen atoms in total. The van der Waals surface area contributed by atoms with Gasteiger partial charge in [-0.2, -0.15) is 0 Å². The summed E-state index contributed by atoms with van der Waals surface area (Å²) in [6.45, 7) is 1.77. The first kappa shape index (κ1) is 14.0. The summed E-state index contributed by atoms with van der Waals surface area (Å²) >= 11 is 6.71. The van der Waals surface area contributed by atoms with Gasteiger partial charge in [-0.05, 0) is 19.1 Å². The molecule has 102 valence electrons. The van der Waals surface area contributed by atoms with Gasteiger partial charge in [-0.15, -0.1) is 11.3 Å². The highest BCUT2D eigenvalue weighted by Crippen LogP contribution is 2.28. The largest absolute Gasteiger partial charge is 0.399 e. The van der Waals surface area contributed by atoms with E-state index < -0.39 is 20.7 Å². The molecule has 0 fully saturated rings. The number of hydrogen-bond donors (Lipinski definition) is 2. The summed E-state index contributed by atoms with van der Waals surface area (Å²) < 4.78 is 40.0. The van der Waals surface area contributed by atoms with Gasteiger partial charge in [0, 0.05) is 16.8 Å². The highest BCUT2D eigenvalue weighted by Gasteiger charge is 2.23. The Balaban J connectivity index is 2.45. The number of nitrogens with one attached hydrogen (secondary N) is 1. The summed E-state index contributed by atoms with van der Waals surface area (Å²) in [4.78, 5) is 4.06. The summed E-state index contributed by atoms with van der Waals surface area (Å²) in [5, 5.41) is -0.203. The van der Waals surface area contributed by atoms with Crippen LogP contribution < -0.4 is 10.5 Å². The lowest BCUT2D eigenvalue weighted by Gasteiger charge is -2.08. The molecule has 9 heteroatoms. The highest BCUT2D eigenvalue weighted by molar-refractivity contribution is 7.93. The van der Waals surface area contributed by atoms with Gasteiger partial charge in [-0.1, -0.05) is 11.6 Å². The number of benzene rings is 1. The topological polar surface area (TPSA) is 85.1 Å². The van der Waals surface area contributed by atoms with Gasteiger partial charge in [-0.3, -0.25) is 4.72 Å². The van der Waals surface area contributed by atoms with Gasteiger partial charge >= 0.3 is 0 Å². The molecule has 19 heavy (non-hydrogen) atoms. The molecule has 0 aliphatic heterocycles. The molecule has 0 atom stereocenters. The van der Waals surface area contributed by atoms with Crippen molar-refractivity contribution in [2.75, 3.05) is 10.5 Å². The molecular formula is C10H9ClFN3O2S2. The van der Waals surface area contributed by atoms with Crippen LogP contribution in [-0.4, -0.2) is 13.4 Å². The van der Waals surface area contributed by atoms with E-state index >= 15 is 0 Å². The van der Waals surface area contributed by atoms with Crippen molar-refractivity contribution in [2.45, 2.75) is 11.8 Å². The number of anilines is 2. The number of nitrogens with two attached hydrogens (primary N) is 1. The maximum Gasteiger partial charge on any atom is 0.266 e. The Morgan fingerprint density at radius 1 is 1.47 bits per heavy atom. The van der Waals surface area contributed by atoms with Gasteiger partial charge < -0.3 is 5.73 Å². The van der Waals surface area contributed by atoms with Gasteiger partial charge in [-0.25, -0.2) is 17.8 Å². The van der Waals surface area contributed by atoms with Crippen LogP contribution in [0.3, 0.4) is 0 Å². The zero-order chi connectivity index (χ0) is 14.2. The quantitative estimate of drug-likeness (QED) is 0.851. The molecule has 2 aromatic rings. The second kappa shape index (κ2) is 4.95. The molecule has 1 aromatic carbocycles. The van der Waals surface area contributed by atoms with Crippen molar-refractivity contribution < 1.29 is 12.8 Å². The maximum atomic E-state index is 13.8. The van der Waals surface area contributed by atoms with Gasteiger partial charge in [0.15, 0.2) is 10.9 Å². The van der Waals surface area contributed by atoms with E-state index in [9.17, 15) is 12.8 Å².